The first-order chi connectivity index (χ1) is 10.0. The van der Waals surface area contributed by atoms with Gasteiger partial charge in [-0.15, -0.1) is 0 Å². The second kappa shape index (κ2) is 3.80. The Morgan fingerprint density at radius 2 is 1.73 bits per heavy atom. The molecule has 2 atom stereocenters. The van der Waals surface area contributed by atoms with Crippen molar-refractivity contribution >= 4 is 5.96 Å². The van der Waals surface area contributed by atoms with Crippen molar-refractivity contribution < 1.29 is 0 Å². The summed E-state index contributed by atoms with van der Waals surface area (Å²) in [5.41, 5.74) is 11.4. The third-order valence-corrected chi connectivity index (χ3v) is 5.90. The van der Waals surface area contributed by atoms with Gasteiger partial charge >= 0.3 is 0 Å². The van der Waals surface area contributed by atoms with Crippen LogP contribution in [-0.2, 0) is 0 Å². The summed E-state index contributed by atoms with van der Waals surface area (Å²) in [5.74, 6) is 0.623. The largest absolute Gasteiger partial charge is 0.370 e. The van der Waals surface area contributed by atoms with Gasteiger partial charge in [0.1, 0.15) is 0 Å². The van der Waals surface area contributed by atoms with Crippen molar-refractivity contribution in [3.63, 3.8) is 0 Å². The summed E-state index contributed by atoms with van der Waals surface area (Å²) in [6, 6.07) is 0. The molecule has 0 amide bonds. The lowest BCUT2D eigenvalue weighted by Crippen LogP contribution is -2.56. The van der Waals surface area contributed by atoms with E-state index in [1.165, 1.54) is 24.1 Å². The van der Waals surface area contributed by atoms with E-state index >= 15 is 0 Å². The first-order valence-electron chi connectivity index (χ1n) is 8.60. The Morgan fingerprint density at radius 1 is 1.00 bits per heavy atom. The molecule has 3 nitrogen and oxygen atoms in total. The number of nitrogens with two attached hydrogens (primary N) is 1. The maximum Gasteiger partial charge on any atom is 0.193 e. The number of hydrogen-bond donors (Lipinski definition) is 2. The van der Waals surface area contributed by atoms with Gasteiger partial charge in [-0.3, -0.25) is 0 Å². The Morgan fingerprint density at radius 3 is 2.45 bits per heavy atom. The van der Waals surface area contributed by atoms with Gasteiger partial charge in [-0.05, 0) is 53.9 Å². The first kappa shape index (κ1) is 14.3. The normalized spacial score (nSPS) is 41.1. The quantitative estimate of drug-likeness (QED) is 0.713. The van der Waals surface area contributed by atoms with E-state index in [1.54, 1.807) is 5.57 Å². The number of nitrogens with zero attached hydrogens (tertiary/aromatic N) is 1. The van der Waals surface area contributed by atoms with E-state index in [0.717, 1.165) is 19.3 Å². The van der Waals surface area contributed by atoms with E-state index in [0.29, 0.717) is 16.8 Å². The Bertz CT molecular complexity index is 650. The molecule has 1 heterocycles. The number of nitrogens with one attached hydrogen (secondary N) is 1. The predicted octanol–water partition coefficient (Wildman–Crippen LogP) is 3.87. The molecule has 22 heavy (non-hydrogen) atoms. The van der Waals surface area contributed by atoms with Crippen LogP contribution < -0.4 is 11.1 Å². The molecule has 1 aliphatic heterocycles. The maximum absolute atomic E-state index is 6.21. The molecule has 4 aliphatic rings. The van der Waals surface area contributed by atoms with Crippen LogP contribution in [-0.4, -0.2) is 11.5 Å². The van der Waals surface area contributed by atoms with Crippen molar-refractivity contribution in [2.24, 2.45) is 27.0 Å². The van der Waals surface area contributed by atoms with Crippen LogP contribution in [0, 0.1) is 16.2 Å². The summed E-state index contributed by atoms with van der Waals surface area (Å²) in [4.78, 5) is 5.01. The standard InChI is InChI=1S/C19H29N3/c1-16(2)6-12-7-18(5)9-17(3,4)10-19(11-18)14(12)13(8-16)21-15(20)22-19/h7H,6,8-11H2,1-5H3,(H3,20,21,22). The Balaban J connectivity index is 1.97. The van der Waals surface area contributed by atoms with Gasteiger partial charge in [-0.1, -0.05) is 40.7 Å². The summed E-state index contributed by atoms with van der Waals surface area (Å²) in [6.07, 6.45) is 8.32. The van der Waals surface area contributed by atoms with Gasteiger partial charge in [-0.25, -0.2) is 4.99 Å². The minimum atomic E-state index is -0.0816. The molecule has 2 unspecified atom stereocenters. The van der Waals surface area contributed by atoms with Crippen molar-refractivity contribution in [3.05, 3.63) is 22.9 Å². The molecule has 0 aromatic rings. The Hall–Kier alpha value is -1.25. The highest BCUT2D eigenvalue weighted by Gasteiger charge is 2.57. The van der Waals surface area contributed by atoms with Gasteiger partial charge in [0.25, 0.3) is 0 Å². The van der Waals surface area contributed by atoms with Crippen molar-refractivity contribution in [2.75, 3.05) is 0 Å². The van der Waals surface area contributed by atoms with Gasteiger partial charge in [0.15, 0.2) is 5.96 Å². The number of allylic oxidation sites excluding steroid dienone is 2. The topological polar surface area (TPSA) is 50.4 Å². The summed E-state index contributed by atoms with van der Waals surface area (Å²) in [6.45, 7) is 11.9. The fraction of sp³-hybridized carbons (Fsp3) is 0.737. The zero-order chi connectivity index (χ0) is 16.0. The van der Waals surface area contributed by atoms with Crippen LogP contribution in [0.25, 0.3) is 0 Å². The fourth-order valence-corrected chi connectivity index (χ4v) is 6.22. The van der Waals surface area contributed by atoms with Gasteiger partial charge in [0.05, 0.1) is 5.54 Å². The van der Waals surface area contributed by atoms with E-state index in [1.807, 2.05) is 0 Å². The van der Waals surface area contributed by atoms with E-state index in [9.17, 15) is 0 Å². The second-order valence-electron chi connectivity index (χ2n) is 10.0. The molecule has 3 N–H and O–H groups in total. The van der Waals surface area contributed by atoms with Crippen LogP contribution in [0.2, 0.25) is 0 Å². The molecule has 1 spiro atoms. The molecule has 120 valence electrons. The molecule has 4 rings (SSSR count). The average molecular weight is 299 g/mol. The van der Waals surface area contributed by atoms with Crippen LogP contribution >= 0.6 is 0 Å². The van der Waals surface area contributed by atoms with Crippen LogP contribution in [0.5, 0.6) is 0 Å². The molecule has 1 fully saturated rings. The zero-order valence-corrected chi connectivity index (χ0v) is 14.6. The summed E-state index contributed by atoms with van der Waals surface area (Å²) < 4.78 is 0. The summed E-state index contributed by atoms with van der Waals surface area (Å²) in [7, 11) is 0. The summed E-state index contributed by atoms with van der Waals surface area (Å²) in [5, 5.41) is 3.41. The van der Waals surface area contributed by atoms with Crippen LogP contribution in [0.3, 0.4) is 0 Å². The average Bonchev–Trinajstić information content (AvgIpc) is 2.18. The molecule has 1 saturated carbocycles. The molecule has 3 heteroatoms. The van der Waals surface area contributed by atoms with Crippen molar-refractivity contribution in [2.45, 2.75) is 72.3 Å². The van der Waals surface area contributed by atoms with Crippen LogP contribution in [0.1, 0.15) is 66.7 Å². The third-order valence-electron chi connectivity index (χ3n) is 5.90. The number of aliphatic imine (C=N–C) groups is 1. The maximum atomic E-state index is 6.21. The SMILES string of the molecule is CC1(C)CC2=CC3(C)CC(C)(C)CC4(C3)N=C(N)NC(=C24)C1. The molecule has 3 aliphatic carbocycles. The Kier molecular flexibility index (Phi) is 2.48. The summed E-state index contributed by atoms with van der Waals surface area (Å²) >= 11 is 0. The zero-order valence-electron chi connectivity index (χ0n) is 14.6. The van der Waals surface area contributed by atoms with E-state index in [-0.39, 0.29) is 11.0 Å². The van der Waals surface area contributed by atoms with Gasteiger partial charge in [-0.2, -0.15) is 0 Å². The van der Waals surface area contributed by atoms with Gasteiger partial charge in [0.2, 0.25) is 0 Å². The number of guanidine groups is 1. The lowest BCUT2D eigenvalue weighted by molar-refractivity contribution is 0.0727. The fourth-order valence-electron chi connectivity index (χ4n) is 6.22. The van der Waals surface area contributed by atoms with Crippen molar-refractivity contribution in [3.8, 4) is 0 Å². The highest BCUT2D eigenvalue weighted by molar-refractivity contribution is 5.83. The number of fused-ring (bicyclic) bond motifs is 1. The monoisotopic (exact) mass is 299 g/mol. The minimum absolute atomic E-state index is 0.0816. The molecular formula is C19H29N3. The molecule has 0 radical (unpaired) electrons. The van der Waals surface area contributed by atoms with E-state index < -0.39 is 0 Å². The van der Waals surface area contributed by atoms with Crippen molar-refractivity contribution in [1.82, 2.24) is 5.32 Å². The second-order valence-corrected chi connectivity index (χ2v) is 10.0. The lowest BCUT2D eigenvalue weighted by Gasteiger charge is -2.58. The molecular weight excluding hydrogens is 270 g/mol. The first-order valence-corrected chi connectivity index (χ1v) is 8.60. The van der Waals surface area contributed by atoms with Crippen LogP contribution in [0.4, 0.5) is 0 Å². The lowest BCUT2D eigenvalue weighted by atomic mass is 9.50. The van der Waals surface area contributed by atoms with Gasteiger partial charge < -0.3 is 11.1 Å². The highest BCUT2D eigenvalue weighted by atomic mass is 15.2. The highest BCUT2D eigenvalue weighted by Crippen LogP contribution is 2.63. The predicted molar refractivity (Wildman–Crippen MR) is 91.4 cm³/mol. The molecule has 0 aromatic heterocycles. The van der Waals surface area contributed by atoms with E-state index in [4.69, 9.17) is 10.7 Å². The van der Waals surface area contributed by atoms with Gasteiger partial charge in [0, 0.05) is 11.3 Å². The smallest absolute Gasteiger partial charge is 0.193 e. The number of hydrogen-bond acceptors (Lipinski definition) is 3. The Labute approximate surface area is 134 Å². The molecule has 2 bridgehead atoms. The molecule has 0 saturated heterocycles. The number of rotatable bonds is 0. The minimum Gasteiger partial charge on any atom is -0.370 e. The third kappa shape index (κ3) is 1.97. The van der Waals surface area contributed by atoms with E-state index in [2.05, 4.69) is 46.0 Å². The van der Waals surface area contributed by atoms with Crippen LogP contribution in [0.15, 0.2) is 27.9 Å². The van der Waals surface area contributed by atoms with Crippen molar-refractivity contribution in [1.29, 1.82) is 0 Å². The molecule has 0 aromatic carbocycles.